The van der Waals surface area contributed by atoms with Crippen LogP contribution in [0, 0.1) is 0 Å². The molecular weight excluding hydrogens is 328 g/mol. The fraction of sp³-hybridized carbons (Fsp3) is 0.333. The molecule has 0 saturated carbocycles. The molecule has 0 unspecified atom stereocenters. The number of methoxy groups -OCH3 is 2. The number of carbonyl (C=O) groups is 1. The molecule has 2 aromatic rings. The zero-order valence-electron chi connectivity index (χ0n) is 16.0. The zero-order valence-corrected chi connectivity index (χ0v) is 16.0. The Morgan fingerprint density at radius 3 is 2.27 bits per heavy atom. The first kappa shape index (κ1) is 19.5. The van der Waals surface area contributed by atoms with Crippen molar-refractivity contribution in [3.63, 3.8) is 0 Å². The smallest absolute Gasteiger partial charge is 0.244 e. The van der Waals surface area contributed by atoms with Crippen molar-refractivity contribution in [1.29, 1.82) is 0 Å². The van der Waals surface area contributed by atoms with E-state index in [-0.39, 0.29) is 17.7 Å². The van der Waals surface area contributed by atoms with Crippen LogP contribution in [-0.2, 0) is 16.6 Å². The summed E-state index contributed by atoms with van der Waals surface area (Å²) < 4.78 is 10.4. The lowest BCUT2D eigenvalue weighted by Crippen LogP contribution is -2.19. The van der Waals surface area contributed by atoms with Crippen LogP contribution in [0.2, 0.25) is 0 Å². The predicted octanol–water partition coefficient (Wildman–Crippen LogP) is 3.69. The van der Waals surface area contributed by atoms with E-state index in [2.05, 4.69) is 43.4 Å². The number of hydrogen-bond acceptors (Lipinski definition) is 4. The topological polar surface area (TPSA) is 59.9 Å². The van der Waals surface area contributed by atoms with Crippen molar-refractivity contribution in [2.45, 2.75) is 32.6 Å². The summed E-state index contributed by atoms with van der Waals surface area (Å²) in [7, 11) is 3.14. The van der Waals surface area contributed by atoms with Crippen LogP contribution in [0.1, 0.15) is 37.5 Å². The molecule has 0 aliphatic rings. The van der Waals surface area contributed by atoms with E-state index in [1.54, 1.807) is 32.6 Å². The molecule has 0 aromatic heterocycles. The van der Waals surface area contributed by atoms with Crippen LogP contribution in [0.25, 0.3) is 0 Å². The van der Waals surface area contributed by atoms with E-state index in [1.807, 2.05) is 18.2 Å². The number of benzene rings is 2. The number of nitrogens with zero attached hydrogens (tertiary/aromatic N) is 1. The monoisotopic (exact) mass is 354 g/mol. The number of hydrogen-bond donors (Lipinski definition) is 1. The number of ether oxygens (including phenoxy) is 2. The Bertz CT molecular complexity index is 775. The molecule has 0 radical (unpaired) electrons. The minimum absolute atomic E-state index is 0.114. The van der Waals surface area contributed by atoms with Crippen LogP contribution in [0.5, 0.6) is 11.5 Å². The third-order valence-electron chi connectivity index (χ3n) is 3.99. The van der Waals surface area contributed by atoms with E-state index in [9.17, 15) is 4.79 Å². The van der Waals surface area contributed by atoms with Gasteiger partial charge in [0.1, 0.15) is 0 Å². The molecule has 0 atom stereocenters. The van der Waals surface area contributed by atoms with Crippen LogP contribution >= 0.6 is 0 Å². The van der Waals surface area contributed by atoms with Crippen molar-refractivity contribution in [3.05, 3.63) is 59.2 Å². The molecule has 0 spiro atoms. The van der Waals surface area contributed by atoms with Gasteiger partial charge in [-0.25, -0.2) is 5.43 Å². The first-order valence-electron chi connectivity index (χ1n) is 8.47. The van der Waals surface area contributed by atoms with Gasteiger partial charge in [0.15, 0.2) is 11.5 Å². The van der Waals surface area contributed by atoms with Gasteiger partial charge >= 0.3 is 0 Å². The standard InChI is InChI=1S/C21H26N2O3/c1-21(2,3)17-9-6-15(7-10-17)14-22-23-20(24)13-16-8-11-18(25-4)19(12-16)26-5/h6-12,14H,13H2,1-5H3,(H,23,24)/b22-14-. The van der Waals surface area contributed by atoms with Crippen LogP contribution in [-0.4, -0.2) is 26.3 Å². The lowest BCUT2D eigenvalue weighted by Gasteiger charge is -2.18. The maximum Gasteiger partial charge on any atom is 0.244 e. The molecule has 0 heterocycles. The highest BCUT2D eigenvalue weighted by atomic mass is 16.5. The van der Waals surface area contributed by atoms with Crippen LogP contribution in [0.15, 0.2) is 47.6 Å². The van der Waals surface area contributed by atoms with Crippen LogP contribution in [0.3, 0.4) is 0 Å². The van der Waals surface area contributed by atoms with E-state index >= 15 is 0 Å². The molecule has 0 fully saturated rings. The number of amides is 1. The van der Waals surface area contributed by atoms with E-state index in [0.29, 0.717) is 11.5 Å². The molecule has 26 heavy (non-hydrogen) atoms. The molecule has 1 amide bonds. The Morgan fingerprint density at radius 2 is 1.69 bits per heavy atom. The summed E-state index contributed by atoms with van der Waals surface area (Å²) in [5.41, 5.74) is 5.68. The molecule has 0 saturated heterocycles. The van der Waals surface area contributed by atoms with Crippen molar-refractivity contribution >= 4 is 12.1 Å². The second-order valence-corrected chi connectivity index (χ2v) is 7.03. The highest BCUT2D eigenvalue weighted by Gasteiger charge is 2.12. The minimum Gasteiger partial charge on any atom is -0.493 e. The second kappa shape index (κ2) is 8.52. The molecule has 0 aliphatic carbocycles. The van der Waals surface area contributed by atoms with E-state index in [4.69, 9.17) is 9.47 Å². The van der Waals surface area contributed by atoms with Crippen molar-refractivity contribution in [2.75, 3.05) is 14.2 Å². The van der Waals surface area contributed by atoms with Gasteiger partial charge < -0.3 is 9.47 Å². The van der Waals surface area contributed by atoms with Gasteiger partial charge in [-0.15, -0.1) is 0 Å². The number of rotatable bonds is 6. The summed E-state index contributed by atoms with van der Waals surface area (Å²) >= 11 is 0. The van der Waals surface area contributed by atoms with Crippen molar-refractivity contribution in [3.8, 4) is 11.5 Å². The SMILES string of the molecule is COc1ccc(CC(=O)N/N=C\c2ccc(C(C)(C)C)cc2)cc1OC. The number of hydrazone groups is 1. The van der Waals surface area contributed by atoms with E-state index in [0.717, 1.165) is 11.1 Å². The predicted molar refractivity (Wildman–Crippen MR) is 104 cm³/mol. The van der Waals surface area contributed by atoms with Gasteiger partial charge in [-0.05, 0) is 34.2 Å². The molecule has 2 aromatic carbocycles. The summed E-state index contributed by atoms with van der Waals surface area (Å²) in [4.78, 5) is 12.0. The fourth-order valence-corrected chi connectivity index (χ4v) is 2.46. The van der Waals surface area contributed by atoms with Crippen molar-refractivity contribution in [2.24, 2.45) is 5.10 Å². The molecule has 0 bridgehead atoms. The average Bonchev–Trinajstić information content (AvgIpc) is 2.61. The van der Waals surface area contributed by atoms with E-state index in [1.165, 1.54) is 5.56 Å². The molecule has 5 nitrogen and oxygen atoms in total. The minimum atomic E-state index is -0.195. The molecule has 0 aliphatic heterocycles. The maximum absolute atomic E-state index is 12.0. The number of carbonyl (C=O) groups excluding carboxylic acids is 1. The van der Waals surface area contributed by atoms with Gasteiger partial charge in [0.05, 0.1) is 26.9 Å². The fourth-order valence-electron chi connectivity index (χ4n) is 2.46. The highest BCUT2D eigenvalue weighted by Crippen LogP contribution is 2.27. The summed E-state index contributed by atoms with van der Waals surface area (Å²) in [5.74, 6) is 1.04. The lowest BCUT2D eigenvalue weighted by atomic mass is 9.87. The summed E-state index contributed by atoms with van der Waals surface area (Å²) in [6, 6.07) is 13.5. The van der Waals surface area contributed by atoms with Gasteiger partial charge in [-0.3, -0.25) is 4.79 Å². The normalized spacial score (nSPS) is 11.4. The van der Waals surface area contributed by atoms with E-state index < -0.39 is 0 Å². The van der Waals surface area contributed by atoms with Gasteiger partial charge in [0.2, 0.25) is 5.91 Å². The van der Waals surface area contributed by atoms with Gasteiger partial charge in [0.25, 0.3) is 0 Å². The second-order valence-electron chi connectivity index (χ2n) is 7.03. The highest BCUT2D eigenvalue weighted by molar-refractivity contribution is 5.83. The third-order valence-corrected chi connectivity index (χ3v) is 3.99. The quantitative estimate of drug-likeness (QED) is 0.636. The van der Waals surface area contributed by atoms with Crippen LogP contribution in [0.4, 0.5) is 0 Å². The summed E-state index contributed by atoms with van der Waals surface area (Å²) in [6.45, 7) is 6.51. The Morgan fingerprint density at radius 1 is 1.04 bits per heavy atom. The first-order valence-corrected chi connectivity index (χ1v) is 8.47. The maximum atomic E-state index is 12.0. The largest absolute Gasteiger partial charge is 0.493 e. The molecule has 1 N–H and O–H groups in total. The van der Waals surface area contributed by atoms with Crippen LogP contribution < -0.4 is 14.9 Å². The average molecular weight is 354 g/mol. The Balaban J connectivity index is 1.93. The van der Waals surface area contributed by atoms with Gasteiger partial charge in [0, 0.05) is 0 Å². The Hall–Kier alpha value is -2.82. The van der Waals surface area contributed by atoms with Gasteiger partial charge in [-0.2, -0.15) is 5.10 Å². The third kappa shape index (κ3) is 5.34. The molecule has 2 rings (SSSR count). The Kier molecular flexibility index (Phi) is 6.39. The number of nitrogens with one attached hydrogen (secondary N) is 1. The van der Waals surface area contributed by atoms with Gasteiger partial charge in [-0.1, -0.05) is 51.1 Å². The Labute approximate surface area is 155 Å². The summed E-state index contributed by atoms with van der Waals surface area (Å²) in [6.07, 6.45) is 1.85. The lowest BCUT2D eigenvalue weighted by molar-refractivity contribution is -0.120. The molecule has 138 valence electrons. The zero-order chi connectivity index (χ0) is 19.2. The van der Waals surface area contributed by atoms with Crippen molar-refractivity contribution in [1.82, 2.24) is 5.43 Å². The molecule has 5 heteroatoms. The molecular formula is C21H26N2O3. The van der Waals surface area contributed by atoms with Crippen molar-refractivity contribution < 1.29 is 14.3 Å². The first-order chi connectivity index (χ1) is 12.3. The summed E-state index contributed by atoms with van der Waals surface area (Å²) in [5, 5.41) is 4.03.